The summed E-state index contributed by atoms with van der Waals surface area (Å²) in [5.41, 5.74) is -0.712. The number of ether oxygens (including phenoxy) is 16. The lowest BCUT2D eigenvalue weighted by Gasteiger charge is -2.46. The van der Waals surface area contributed by atoms with E-state index in [1.807, 2.05) is 0 Å². The molecule has 24 N–H and O–H groups in total. The maximum atomic E-state index is 13.6. The van der Waals surface area contributed by atoms with Gasteiger partial charge in [-0.1, -0.05) is 18.2 Å². The number of phenolic OH excluding ortho intramolecular Hbond substituents is 4. The van der Waals surface area contributed by atoms with Crippen molar-refractivity contribution in [1.29, 1.82) is 0 Å². The number of benzene rings is 5. The summed E-state index contributed by atoms with van der Waals surface area (Å²) < 4.78 is 96.9. The summed E-state index contributed by atoms with van der Waals surface area (Å²) in [6, 6.07) is 17.2. The van der Waals surface area contributed by atoms with Crippen LogP contribution < -0.4 is 33.8 Å². The molecule has 0 amide bonds. The molecule has 0 saturated carbocycles. The van der Waals surface area contributed by atoms with E-state index in [2.05, 4.69) is 0 Å². The van der Waals surface area contributed by atoms with Crippen LogP contribution >= 0.6 is 0 Å². The number of fused-ring (bicyclic) bond motifs is 1. The van der Waals surface area contributed by atoms with Gasteiger partial charge in [-0.25, -0.2) is 14.4 Å². The third-order valence-electron chi connectivity index (χ3n) is 20.6. The van der Waals surface area contributed by atoms with Gasteiger partial charge in [0.05, 0.1) is 32.5 Å². The van der Waals surface area contributed by atoms with Crippen molar-refractivity contribution in [3.63, 3.8) is 0 Å². The molecule has 45 nitrogen and oxygen atoms in total. The highest BCUT2D eigenvalue weighted by Gasteiger charge is 2.54. The fraction of sp³-hybridized carbons (Fsp3) is 0.468. The summed E-state index contributed by atoms with van der Waals surface area (Å²) in [4.78, 5) is 53.3. The van der Waals surface area contributed by atoms with E-state index in [1.54, 1.807) is 0 Å². The Balaban J connectivity index is 0.746. The molecule has 0 aromatic heterocycles. The number of aliphatic hydroxyl groups is 20. The van der Waals surface area contributed by atoms with Crippen LogP contribution in [0.4, 0.5) is 0 Å². The number of aromatic hydroxyl groups is 4. The molecule has 4 aromatic carbocycles. The Hall–Kier alpha value is -10.1. The van der Waals surface area contributed by atoms with Gasteiger partial charge in [-0.05, 0) is 95.6 Å². The van der Waals surface area contributed by atoms with Crippen LogP contribution in [0.15, 0.2) is 118 Å². The molecule has 7 heterocycles. The summed E-state index contributed by atoms with van der Waals surface area (Å²) in [5.74, 6) is -8.49. The van der Waals surface area contributed by atoms with Crippen molar-refractivity contribution in [2.24, 2.45) is 0 Å². The molecule has 30 atom stereocenters. The summed E-state index contributed by atoms with van der Waals surface area (Å²) in [6.07, 6.45) is -51.1. The van der Waals surface area contributed by atoms with Crippen LogP contribution in [0.25, 0.3) is 40.9 Å². The van der Waals surface area contributed by atoms with Crippen molar-refractivity contribution in [2.45, 2.75) is 184 Å². The average Bonchev–Trinajstić information content (AvgIpc) is 0.757. The maximum Gasteiger partial charge on any atom is 0.330 e. The lowest BCUT2D eigenvalue weighted by atomic mass is 9.97. The van der Waals surface area contributed by atoms with Crippen molar-refractivity contribution < 1.29 is 217 Å². The number of esters is 3. The molecule has 6 saturated heterocycles. The first-order valence-corrected chi connectivity index (χ1v) is 37.9. The Bertz CT molecular complexity index is 4760. The quantitative estimate of drug-likeness (QED) is 0.0118. The second-order valence-corrected chi connectivity index (χ2v) is 29.1. The molecule has 30 unspecified atom stereocenters. The third-order valence-corrected chi connectivity index (χ3v) is 20.6. The molecule has 124 heavy (non-hydrogen) atoms. The number of hydrogen-bond acceptors (Lipinski definition) is 45. The highest BCUT2D eigenvalue weighted by molar-refractivity contribution is 5.88. The standard InChI is InChI=1S/C79H90O45/c1-108-42-19-32(8-11-35(42)84)72-45(22-34-40(112-72)20-33(83)21-41(34)114-75-67(103)61(97)55(91)46(23-80)118-75)117-79-73(124-78-71(107)65(101)59(95)50(122-78)27-110-54(90)15-7-31-3-10-37(86)44(18-31)116-77-69(105)63(99)57(93)48(25-82)120-77)66(102)60(96)51(123-79)28-111-52(88)13-5-29-4-12-39(38(87)16-29)113-74-70(106)64(100)58(94)49(121-74)26-109-53(89)14-6-30-2-9-36(85)43(17-30)115-76-68(104)62(98)56(92)47(24-81)119-76/h2-22,46-51,55-71,73-82,84-87,91-107H,23-28H2,1H3. The first-order chi connectivity index (χ1) is 59.1. The van der Waals surface area contributed by atoms with Gasteiger partial charge in [-0.3, -0.25) is 4.79 Å². The summed E-state index contributed by atoms with van der Waals surface area (Å²) in [7, 11) is 1.19. The number of hydrogen-bond donors (Lipinski definition) is 24. The Morgan fingerprint density at radius 1 is 0.339 bits per heavy atom. The summed E-state index contributed by atoms with van der Waals surface area (Å²) in [5, 5.41) is 256. The van der Waals surface area contributed by atoms with E-state index in [0.717, 1.165) is 85.0 Å². The SMILES string of the molecule is COc1cc(-c2oc3cc(=O)cc(OC4OC(CO)C(O)C(O)C4O)c-3cc2OC2OC(COC(=O)C=Cc3ccc(OC4OC(COC(=O)C=Cc5ccc(O)c(OC6OC(CO)C(O)C(O)C6O)c5)C(O)C(O)C4O)c(O)c3)C(O)C(O)C2OC2OC(COC(=O)C=Cc3ccc(O)c(OC4OC(CO)C(O)C(O)C4O)c3)C(O)C(O)C2O)ccc1O. The predicted molar refractivity (Wildman–Crippen MR) is 403 cm³/mol. The molecule has 7 aliphatic heterocycles. The zero-order valence-electron chi connectivity index (χ0n) is 64.5. The van der Waals surface area contributed by atoms with Crippen LogP contribution in [0.5, 0.6) is 57.5 Å². The zero-order chi connectivity index (χ0) is 89.6. The van der Waals surface area contributed by atoms with Crippen LogP contribution in [-0.2, 0) is 61.8 Å². The third kappa shape index (κ3) is 21.0. The average molecular weight is 1760 g/mol. The second-order valence-electron chi connectivity index (χ2n) is 29.1. The van der Waals surface area contributed by atoms with E-state index in [-0.39, 0.29) is 56.6 Å². The van der Waals surface area contributed by atoms with Crippen molar-refractivity contribution in [2.75, 3.05) is 46.8 Å². The number of aliphatic hydroxyl groups excluding tert-OH is 20. The number of carbonyl (C=O) groups is 3. The van der Waals surface area contributed by atoms with Gasteiger partial charge in [-0.2, -0.15) is 0 Å². The predicted octanol–water partition coefficient (Wildman–Crippen LogP) is -7.25. The van der Waals surface area contributed by atoms with Crippen LogP contribution in [0, 0.1) is 0 Å². The van der Waals surface area contributed by atoms with Gasteiger partial charge in [0.2, 0.25) is 31.5 Å². The highest BCUT2D eigenvalue weighted by Crippen LogP contribution is 2.46. The van der Waals surface area contributed by atoms with Crippen LogP contribution in [-0.4, -0.2) is 371 Å². The molecule has 0 bridgehead atoms. The first-order valence-electron chi connectivity index (χ1n) is 37.9. The Morgan fingerprint density at radius 3 is 1.13 bits per heavy atom. The number of methoxy groups -OCH3 is 1. The minimum atomic E-state index is -2.34. The van der Waals surface area contributed by atoms with E-state index in [9.17, 15) is 142 Å². The fourth-order valence-electron chi connectivity index (χ4n) is 13.6. The van der Waals surface area contributed by atoms with E-state index >= 15 is 0 Å². The van der Waals surface area contributed by atoms with E-state index in [4.69, 9.17) is 80.2 Å². The molecule has 676 valence electrons. The Kier molecular flexibility index (Phi) is 30.3. The molecule has 0 spiro atoms. The molecule has 45 heteroatoms. The Labute approximate surface area is 698 Å². The zero-order valence-corrected chi connectivity index (χ0v) is 64.5. The number of phenols is 4. The van der Waals surface area contributed by atoms with Gasteiger partial charge < -0.3 is 203 Å². The van der Waals surface area contributed by atoms with Crippen LogP contribution in [0.2, 0.25) is 0 Å². The normalized spacial score (nSPS) is 34.0. The molecule has 4 aromatic rings. The molecule has 8 aliphatic rings. The fourth-order valence-corrected chi connectivity index (χ4v) is 13.6. The van der Waals surface area contributed by atoms with Gasteiger partial charge in [0, 0.05) is 35.9 Å². The van der Waals surface area contributed by atoms with Crippen LogP contribution in [0.1, 0.15) is 16.7 Å². The second kappa shape index (κ2) is 40.4. The Morgan fingerprint density at radius 2 is 0.694 bits per heavy atom. The van der Waals surface area contributed by atoms with Gasteiger partial charge in [0.25, 0.3) is 0 Å². The topological polar surface area (TPSA) is 715 Å². The monoisotopic (exact) mass is 1760 g/mol. The van der Waals surface area contributed by atoms with Gasteiger partial charge in [0.15, 0.2) is 75.3 Å². The van der Waals surface area contributed by atoms with Crippen molar-refractivity contribution in [3.05, 3.63) is 136 Å². The van der Waals surface area contributed by atoms with E-state index < -0.39 is 287 Å². The lowest BCUT2D eigenvalue weighted by molar-refractivity contribution is -0.358. The lowest BCUT2D eigenvalue weighted by Crippen LogP contribution is -2.65. The molecule has 0 radical (unpaired) electrons. The summed E-state index contributed by atoms with van der Waals surface area (Å²) >= 11 is 0. The maximum absolute atomic E-state index is 13.6. The molecular weight excluding hydrogens is 1670 g/mol. The number of carbonyl (C=O) groups excluding carboxylic acids is 3. The van der Waals surface area contributed by atoms with E-state index in [1.165, 1.54) is 49.6 Å². The van der Waals surface area contributed by atoms with Crippen molar-refractivity contribution >= 4 is 36.1 Å². The highest BCUT2D eigenvalue weighted by atomic mass is 16.8. The molecule has 6 fully saturated rings. The van der Waals surface area contributed by atoms with E-state index in [0.29, 0.717) is 0 Å². The van der Waals surface area contributed by atoms with Gasteiger partial charge >= 0.3 is 17.9 Å². The minimum Gasteiger partial charge on any atom is -0.504 e. The van der Waals surface area contributed by atoms with Gasteiger partial charge in [-0.15, -0.1) is 0 Å². The smallest absolute Gasteiger partial charge is 0.330 e. The first kappa shape index (κ1) is 93.0. The number of rotatable bonds is 29. The molecular formula is C79H90O45. The summed E-state index contributed by atoms with van der Waals surface area (Å²) in [6.45, 7) is -5.16. The van der Waals surface area contributed by atoms with Crippen LogP contribution in [0.3, 0.4) is 0 Å². The molecule has 1 aliphatic carbocycles. The largest absolute Gasteiger partial charge is 0.504 e. The van der Waals surface area contributed by atoms with Crippen molar-refractivity contribution in [3.8, 4) is 80.1 Å². The van der Waals surface area contributed by atoms with Gasteiger partial charge in [0.1, 0.15) is 172 Å². The minimum absolute atomic E-state index is 0.0259. The van der Waals surface area contributed by atoms with Crippen molar-refractivity contribution in [1.82, 2.24) is 0 Å². The molecule has 12 rings (SSSR count).